The molecular weight excluding hydrogens is 244 g/mol. The molecular formula is C13H10N4O2. The Kier molecular flexibility index (Phi) is 2.49. The first-order chi connectivity index (χ1) is 9.16. The van der Waals surface area contributed by atoms with Crippen molar-refractivity contribution in [2.45, 2.75) is 6.92 Å². The van der Waals surface area contributed by atoms with E-state index in [-0.39, 0.29) is 5.39 Å². The third-order valence-electron chi connectivity index (χ3n) is 2.78. The first-order valence-electron chi connectivity index (χ1n) is 5.71. The second-order valence-corrected chi connectivity index (χ2v) is 4.08. The van der Waals surface area contributed by atoms with Crippen molar-refractivity contribution in [1.29, 1.82) is 0 Å². The number of para-hydroxylation sites is 1. The van der Waals surface area contributed by atoms with Crippen LogP contribution in [0, 0.1) is 6.92 Å². The predicted octanol–water partition coefficient (Wildman–Crippen LogP) is 0.777. The number of aromatic nitrogens is 4. The first-order valence-corrected chi connectivity index (χ1v) is 5.71. The normalized spacial score (nSPS) is 10.8. The van der Waals surface area contributed by atoms with Crippen LogP contribution in [-0.2, 0) is 0 Å². The summed E-state index contributed by atoms with van der Waals surface area (Å²) in [4.78, 5) is 34.2. The molecule has 2 aromatic heterocycles. The van der Waals surface area contributed by atoms with Gasteiger partial charge in [0.25, 0.3) is 5.56 Å². The van der Waals surface area contributed by atoms with Crippen LogP contribution in [0.5, 0.6) is 0 Å². The summed E-state index contributed by atoms with van der Waals surface area (Å²) in [6, 6.07) is 9.02. The van der Waals surface area contributed by atoms with Gasteiger partial charge in [-0.2, -0.15) is 0 Å². The van der Waals surface area contributed by atoms with Crippen LogP contribution >= 0.6 is 0 Å². The first kappa shape index (κ1) is 11.3. The number of hydrogen-bond donors (Lipinski definition) is 1. The average molecular weight is 254 g/mol. The molecule has 0 aliphatic carbocycles. The topological polar surface area (TPSA) is 80.6 Å². The van der Waals surface area contributed by atoms with Gasteiger partial charge in [-0.3, -0.25) is 9.78 Å². The van der Waals surface area contributed by atoms with Gasteiger partial charge >= 0.3 is 5.69 Å². The van der Waals surface area contributed by atoms with E-state index >= 15 is 0 Å². The van der Waals surface area contributed by atoms with E-state index in [1.807, 2.05) is 18.2 Å². The van der Waals surface area contributed by atoms with Gasteiger partial charge in [-0.1, -0.05) is 18.2 Å². The maximum Gasteiger partial charge on any atom is 0.334 e. The van der Waals surface area contributed by atoms with Crippen LogP contribution in [-0.4, -0.2) is 19.5 Å². The van der Waals surface area contributed by atoms with E-state index in [4.69, 9.17) is 0 Å². The van der Waals surface area contributed by atoms with E-state index in [0.717, 1.165) is 0 Å². The van der Waals surface area contributed by atoms with E-state index in [1.165, 1.54) is 10.8 Å². The summed E-state index contributed by atoms with van der Waals surface area (Å²) in [6.45, 7) is 1.71. The number of hydrogen-bond acceptors (Lipinski definition) is 4. The molecule has 3 aromatic rings. The zero-order chi connectivity index (χ0) is 13.4. The predicted molar refractivity (Wildman–Crippen MR) is 70.5 cm³/mol. The van der Waals surface area contributed by atoms with Crippen LogP contribution in [0.2, 0.25) is 0 Å². The van der Waals surface area contributed by atoms with Gasteiger partial charge in [0.15, 0.2) is 5.65 Å². The fourth-order valence-corrected chi connectivity index (χ4v) is 1.92. The summed E-state index contributed by atoms with van der Waals surface area (Å²) in [5.74, 6) is 0.502. The lowest BCUT2D eigenvalue weighted by Gasteiger charge is -2.08. The van der Waals surface area contributed by atoms with E-state index in [0.29, 0.717) is 17.2 Å². The number of nitrogens with zero attached hydrogens (tertiary/aromatic N) is 3. The molecule has 2 heterocycles. The van der Waals surface area contributed by atoms with Crippen molar-refractivity contribution in [3.63, 3.8) is 0 Å². The number of H-pyrrole nitrogens is 1. The van der Waals surface area contributed by atoms with Crippen LogP contribution in [0.3, 0.4) is 0 Å². The zero-order valence-electron chi connectivity index (χ0n) is 10.1. The lowest BCUT2D eigenvalue weighted by atomic mass is 10.3. The van der Waals surface area contributed by atoms with Crippen molar-refractivity contribution in [3.8, 4) is 5.69 Å². The molecule has 0 unspecified atom stereocenters. The van der Waals surface area contributed by atoms with Gasteiger partial charge in [-0.15, -0.1) is 0 Å². The van der Waals surface area contributed by atoms with Crippen LogP contribution in [0.1, 0.15) is 5.82 Å². The highest BCUT2D eigenvalue weighted by atomic mass is 16.2. The maximum atomic E-state index is 12.0. The molecule has 0 atom stereocenters. The quantitative estimate of drug-likeness (QED) is 0.695. The summed E-state index contributed by atoms with van der Waals surface area (Å²) < 4.78 is 1.37. The summed E-state index contributed by atoms with van der Waals surface area (Å²) >= 11 is 0. The largest absolute Gasteiger partial charge is 0.334 e. The molecule has 3 rings (SSSR count). The molecule has 0 fully saturated rings. The van der Waals surface area contributed by atoms with Crippen molar-refractivity contribution >= 4 is 11.0 Å². The van der Waals surface area contributed by atoms with Crippen molar-refractivity contribution in [2.75, 3.05) is 0 Å². The standard InChI is InChI=1S/C13H10N4O2/c1-8-14-7-10-11(15-8)17(13(19)16-12(10)18)9-5-3-2-4-6-9/h2-7H,1H3,(H,16,18,19). The summed E-state index contributed by atoms with van der Waals surface area (Å²) in [5.41, 5.74) is -0.0340. The van der Waals surface area contributed by atoms with Gasteiger partial charge < -0.3 is 0 Å². The van der Waals surface area contributed by atoms with Crippen molar-refractivity contribution in [1.82, 2.24) is 19.5 Å². The number of aryl methyl sites for hydroxylation is 1. The number of fused-ring (bicyclic) bond motifs is 1. The summed E-state index contributed by atoms with van der Waals surface area (Å²) in [6.07, 6.45) is 1.43. The van der Waals surface area contributed by atoms with Gasteiger partial charge in [-0.25, -0.2) is 19.3 Å². The monoisotopic (exact) mass is 254 g/mol. The van der Waals surface area contributed by atoms with Crippen LogP contribution in [0.4, 0.5) is 0 Å². The lowest BCUT2D eigenvalue weighted by Crippen LogP contribution is -2.30. The number of aromatic amines is 1. The molecule has 6 nitrogen and oxygen atoms in total. The minimum absolute atomic E-state index is 0.286. The summed E-state index contributed by atoms with van der Waals surface area (Å²) in [7, 11) is 0. The van der Waals surface area contributed by atoms with Crippen molar-refractivity contribution in [3.05, 3.63) is 63.2 Å². The molecule has 6 heteroatoms. The Labute approximate surface area is 107 Å². The Morgan fingerprint density at radius 1 is 1.16 bits per heavy atom. The van der Waals surface area contributed by atoms with Gasteiger partial charge in [0.2, 0.25) is 0 Å². The van der Waals surface area contributed by atoms with Crippen LogP contribution < -0.4 is 11.2 Å². The van der Waals surface area contributed by atoms with Crippen molar-refractivity contribution in [2.24, 2.45) is 0 Å². The minimum atomic E-state index is -0.512. The van der Waals surface area contributed by atoms with E-state index in [2.05, 4.69) is 15.0 Å². The van der Waals surface area contributed by atoms with Gasteiger partial charge in [0, 0.05) is 6.20 Å². The Hall–Kier alpha value is -2.76. The van der Waals surface area contributed by atoms with E-state index in [9.17, 15) is 9.59 Å². The smallest absolute Gasteiger partial charge is 0.273 e. The summed E-state index contributed by atoms with van der Waals surface area (Å²) in [5, 5.41) is 0.286. The molecule has 0 aliphatic heterocycles. The van der Waals surface area contributed by atoms with E-state index < -0.39 is 11.2 Å². The highest BCUT2D eigenvalue weighted by molar-refractivity contribution is 5.74. The molecule has 0 aliphatic rings. The molecule has 0 bridgehead atoms. The minimum Gasteiger partial charge on any atom is -0.273 e. The van der Waals surface area contributed by atoms with Gasteiger partial charge in [0.05, 0.1) is 5.69 Å². The molecule has 0 spiro atoms. The fraction of sp³-hybridized carbons (Fsp3) is 0.0769. The molecule has 0 saturated carbocycles. The lowest BCUT2D eigenvalue weighted by molar-refractivity contribution is 0.909. The Morgan fingerprint density at radius 2 is 1.89 bits per heavy atom. The highest BCUT2D eigenvalue weighted by Gasteiger charge is 2.10. The van der Waals surface area contributed by atoms with Crippen LogP contribution in [0.25, 0.3) is 16.7 Å². The average Bonchev–Trinajstić information content (AvgIpc) is 2.39. The van der Waals surface area contributed by atoms with E-state index in [1.54, 1.807) is 19.1 Å². The Morgan fingerprint density at radius 3 is 2.63 bits per heavy atom. The van der Waals surface area contributed by atoms with Crippen LogP contribution in [0.15, 0.2) is 46.1 Å². The molecule has 94 valence electrons. The molecule has 0 saturated heterocycles. The second kappa shape index (κ2) is 4.16. The highest BCUT2D eigenvalue weighted by Crippen LogP contribution is 2.10. The molecule has 1 aromatic carbocycles. The number of benzene rings is 1. The third-order valence-corrected chi connectivity index (χ3v) is 2.78. The Bertz CT molecular complexity index is 865. The SMILES string of the molecule is Cc1ncc2c(=O)[nH]c(=O)n(-c3ccccc3)c2n1. The fourth-order valence-electron chi connectivity index (χ4n) is 1.92. The molecule has 0 amide bonds. The number of nitrogens with one attached hydrogen (secondary N) is 1. The maximum absolute atomic E-state index is 12.0. The number of rotatable bonds is 1. The Balaban J connectivity index is 2.51. The van der Waals surface area contributed by atoms with Crippen molar-refractivity contribution < 1.29 is 0 Å². The third kappa shape index (κ3) is 1.83. The van der Waals surface area contributed by atoms with Gasteiger partial charge in [-0.05, 0) is 19.1 Å². The molecule has 19 heavy (non-hydrogen) atoms. The second-order valence-electron chi connectivity index (χ2n) is 4.08. The zero-order valence-corrected chi connectivity index (χ0v) is 10.1. The molecule has 0 radical (unpaired) electrons. The van der Waals surface area contributed by atoms with Gasteiger partial charge in [0.1, 0.15) is 11.2 Å². The molecule has 1 N–H and O–H groups in total.